The molecule has 0 fully saturated rings. The van der Waals surface area contributed by atoms with Crippen LogP contribution in [0, 0.1) is 11.3 Å². The first-order chi connectivity index (χ1) is 6.60. The van der Waals surface area contributed by atoms with Crippen molar-refractivity contribution in [3.8, 4) is 6.07 Å². The predicted octanol–water partition coefficient (Wildman–Crippen LogP) is 3.28. The molecule has 0 atom stereocenters. The molecule has 1 rings (SSSR count). The second-order valence-electron chi connectivity index (χ2n) is 2.40. The first-order valence-electron chi connectivity index (χ1n) is 3.53. The molecule has 1 heterocycles. The largest absolute Gasteiger partial charge is 0.280 e. The molecule has 0 saturated heterocycles. The zero-order valence-corrected chi connectivity index (χ0v) is 8.28. The average Bonchev–Trinajstić information content (AvgIpc) is 2.17. The van der Waals surface area contributed by atoms with Gasteiger partial charge in [-0.3, -0.25) is 0 Å². The van der Waals surface area contributed by atoms with E-state index in [0.717, 1.165) is 6.07 Å². The normalized spacial score (nSPS) is 10.3. The summed E-state index contributed by atoms with van der Waals surface area (Å²) in [5.74, 6) is -0.103. The highest BCUT2D eigenvalue weighted by atomic mass is 35.5. The Morgan fingerprint density at radius 3 is 2.64 bits per heavy atom. The number of halogens is 4. The summed E-state index contributed by atoms with van der Waals surface area (Å²) < 4.78 is 24.5. The molecular weight excluding hydrogens is 233 g/mol. The SMILES string of the molecule is N#Cc1cc(C(F)F)nc(CCl)c1Cl. The standard InChI is InChI=1S/C8H4Cl2F2N2/c9-2-6-7(10)4(3-13)1-5(14-6)8(11)12/h1,8H,2H2. The smallest absolute Gasteiger partial charge is 0.249 e. The van der Waals surface area contributed by atoms with Gasteiger partial charge >= 0.3 is 0 Å². The maximum atomic E-state index is 12.3. The van der Waals surface area contributed by atoms with Crippen LogP contribution in [0.25, 0.3) is 0 Å². The molecule has 0 aromatic carbocycles. The van der Waals surface area contributed by atoms with E-state index in [1.807, 2.05) is 0 Å². The third kappa shape index (κ3) is 2.11. The van der Waals surface area contributed by atoms with Crippen LogP contribution < -0.4 is 0 Å². The number of aromatic nitrogens is 1. The summed E-state index contributed by atoms with van der Waals surface area (Å²) >= 11 is 11.1. The van der Waals surface area contributed by atoms with Gasteiger partial charge in [-0.25, -0.2) is 13.8 Å². The van der Waals surface area contributed by atoms with E-state index < -0.39 is 12.1 Å². The van der Waals surface area contributed by atoms with Crippen LogP contribution in [0.15, 0.2) is 6.07 Å². The van der Waals surface area contributed by atoms with E-state index in [-0.39, 0.29) is 22.2 Å². The summed E-state index contributed by atoms with van der Waals surface area (Å²) in [5.41, 5.74) is -0.420. The van der Waals surface area contributed by atoms with Crippen molar-refractivity contribution in [2.75, 3.05) is 0 Å². The summed E-state index contributed by atoms with van der Waals surface area (Å²) in [5, 5.41) is 8.63. The van der Waals surface area contributed by atoms with Crippen LogP contribution in [-0.4, -0.2) is 4.98 Å². The number of hydrogen-bond acceptors (Lipinski definition) is 2. The van der Waals surface area contributed by atoms with Crippen LogP contribution in [0.4, 0.5) is 8.78 Å². The van der Waals surface area contributed by atoms with Crippen molar-refractivity contribution in [2.24, 2.45) is 0 Å². The van der Waals surface area contributed by atoms with Crippen LogP contribution in [0.5, 0.6) is 0 Å². The van der Waals surface area contributed by atoms with Gasteiger partial charge in [0.05, 0.1) is 22.2 Å². The van der Waals surface area contributed by atoms with Gasteiger partial charge in [0.15, 0.2) is 0 Å². The minimum Gasteiger partial charge on any atom is -0.249 e. The van der Waals surface area contributed by atoms with Crippen molar-refractivity contribution in [3.05, 3.63) is 28.0 Å². The second-order valence-corrected chi connectivity index (χ2v) is 3.05. The van der Waals surface area contributed by atoms with Gasteiger partial charge in [-0.15, -0.1) is 11.6 Å². The van der Waals surface area contributed by atoms with Crippen LogP contribution in [-0.2, 0) is 5.88 Å². The fourth-order valence-corrected chi connectivity index (χ4v) is 1.35. The van der Waals surface area contributed by atoms with Crippen LogP contribution in [0.3, 0.4) is 0 Å². The molecule has 2 nitrogen and oxygen atoms in total. The molecule has 0 saturated carbocycles. The molecule has 0 unspecified atom stereocenters. The van der Waals surface area contributed by atoms with Crippen LogP contribution in [0.2, 0.25) is 5.02 Å². The summed E-state index contributed by atoms with van der Waals surface area (Å²) in [6, 6.07) is 2.66. The minimum absolute atomic E-state index is 0.0342. The lowest BCUT2D eigenvalue weighted by Crippen LogP contribution is -1.98. The topological polar surface area (TPSA) is 36.7 Å². The first-order valence-corrected chi connectivity index (χ1v) is 4.45. The molecule has 0 bridgehead atoms. The van der Waals surface area contributed by atoms with E-state index in [0.29, 0.717) is 0 Å². The summed E-state index contributed by atoms with van der Waals surface area (Å²) in [6.07, 6.45) is -2.73. The number of hydrogen-bond donors (Lipinski definition) is 0. The van der Waals surface area contributed by atoms with E-state index in [2.05, 4.69) is 4.98 Å². The number of rotatable bonds is 2. The fourth-order valence-electron chi connectivity index (χ4n) is 0.886. The molecule has 0 spiro atoms. The van der Waals surface area contributed by atoms with Crippen molar-refractivity contribution in [2.45, 2.75) is 12.3 Å². The quantitative estimate of drug-likeness (QED) is 0.740. The molecule has 0 aliphatic heterocycles. The maximum Gasteiger partial charge on any atom is 0.280 e. The fraction of sp³-hybridized carbons (Fsp3) is 0.250. The molecule has 74 valence electrons. The lowest BCUT2D eigenvalue weighted by molar-refractivity contribution is 0.146. The third-order valence-electron chi connectivity index (χ3n) is 1.52. The van der Waals surface area contributed by atoms with Gasteiger partial charge < -0.3 is 0 Å². The van der Waals surface area contributed by atoms with Crippen molar-refractivity contribution in [1.29, 1.82) is 5.26 Å². The zero-order valence-electron chi connectivity index (χ0n) is 6.77. The highest BCUT2D eigenvalue weighted by Gasteiger charge is 2.15. The maximum absolute atomic E-state index is 12.3. The Hall–Kier alpha value is -0.920. The molecule has 1 aromatic heterocycles. The van der Waals surface area contributed by atoms with Gasteiger partial charge in [0.25, 0.3) is 6.43 Å². The van der Waals surface area contributed by atoms with Gasteiger partial charge in [0.2, 0.25) is 0 Å². The zero-order chi connectivity index (χ0) is 10.7. The second kappa shape index (κ2) is 4.54. The molecule has 0 radical (unpaired) electrons. The highest BCUT2D eigenvalue weighted by molar-refractivity contribution is 6.33. The van der Waals surface area contributed by atoms with Crippen molar-refractivity contribution in [3.63, 3.8) is 0 Å². The Balaban J connectivity index is 3.34. The van der Waals surface area contributed by atoms with Gasteiger partial charge in [-0.05, 0) is 6.07 Å². The van der Waals surface area contributed by atoms with E-state index in [9.17, 15) is 8.78 Å². The first kappa shape index (κ1) is 11.2. The van der Waals surface area contributed by atoms with E-state index in [4.69, 9.17) is 28.5 Å². The Bertz CT molecular complexity index is 388. The molecule has 0 amide bonds. The summed E-state index contributed by atoms with van der Waals surface area (Å²) in [7, 11) is 0. The molecule has 6 heteroatoms. The summed E-state index contributed by atoms with van der Waals surface area (Å²) in [4.78, 5) is 3.53. The Morgan fingerprint density at radius 1 is 1.57 bits per heavy atom. The molecule has 1 aromatic rings. The minimum atomic E-state index is -2.73. The van der Waals surface area contributed by atoms with Gasteiger partial charge in [-0.2, -0.15) is 5.26 Å². The molecule has 0 N–H and O–H groups in total. The number of alkyl halides is 3. The van der Waals surface area contributed by atoms with Gasteiger partial charge in [0, 0.05) is 0 Å². The lowest BCUT2D eigenvalue weighted by atomic mass is 10.2. The van der Waals surface area contributed by atoms with E-state index >= 15 is 0 Å². The third-order valence-corrected chi connectivity index (χ3v) is 2.19. The van der Waals surface area contributed by atoms with Crippen LogP contribution in [0.1, 0.15) is 23.4 Å². The highest BCUT2D eigenvalue weighted by Crippen LogP contribution is 2.25. The van der Waals surface area contributed by atoms with Crippen LogP contribution >= 0.6 is 23.2 Å². The van der Waals surface area contributed by atoms with Crippen molar-refractivity contribution < 1.29 is 8.78 Å². The Kier molecular flexibility index (Phi) is 3.62. The molecular formula is C8H4Cl2F2N2. The summed E-state index contributed by atoms with van der Waals surface area (Å²) in [6.45, 7) is 0. The number of nitrogens with zero attached hydrogens (tertiary/aromatic N) is 2. The predicted molar refractivity (Wildman–Crippen MR) is 48.5 cm³/mol. The van der Waals surface area contributed by atoms with Crippen molar-refractivity contribution >= 4 is 23.2 Å². The molecule has 14 heavy (non-hydrogen) atoms. The van der Waals surface area contributed by atoms with E-state index in [1.54, 1.807) is 6.07 Å². The lowest BCUT2D eigenvalue weighted by Gasteiger charge is -2.05. The van der Waals surface area contributed by atoms with Gasteiger partial charge in [0.1, 0.15) is 11.8 Å². The average molecular weight is 237 g/mol. The van der Waals surface area contributed by atoms with E-state index in [1.165, 1.54) is 0 Å². The molecule has 0 aliphatic rings. The number of pyridine rings is 1. The molecule has 0 aliphatic carbocycles. The Labute approximate surface area is 89.1 Å². The Morgan fingerprint density at radius 2 is 2.21 bits per heavy atom. The van der Waals surface area contributed by atoms with Gasteiger partial charge in [-0.1, -0.05) is 11.6 Å². The number of nitriles is 1. The monoisotopic (exact) mass is 236 g/mol. The van der Waals surface area contributed by atoms with Crippen molar-refractivity contribution in [1.82, 2.24) is 4.98 Å².